The Labute approximate surface area is 124 Å². The molecule has 0 bridgehead atoms. The van der Waals surface area contributed by atoms with E-state index in [-0.39, 0.29) is 0 Å². The number of rotatable bonds is 2. The number of fused-ring (bicyclic) bond motifs is 1. The number of hydrogen-bond donors (Lipinski definition) is 0. The SMILES string of the molecule is C[C@@H]1CN2CCCC[C@H]2CN1Cc1cccc(Br)c1. The molecule has 2 saturated heterocycles. The lowest BCUT2D eigenvalue weighted by molar-refractivity contribution is 0.0111. The maximum Gasteiger partial charge on any atom is 0.0238 e. The van der Waals surface area contributed by atoms with Gasteiger partial charge in [-0.2, -0.15) is 0 Å². The van der Waals surface area contributed by atoms with E-state index in [1.165, 1.54) is 48.9 Å². The molecule has 3 rings (SSSR count). The van der Waals surface area contributed by atoms with Crippen LogP contribution in [0, 0.1) is 0 Å². The van der Waals surface area contributed by atoms with Crippen molar-refractivity contribution in [3.8, 4) is 0 Å². The summed E-state index contributed by atoms with van der Waals surface area (Å²) in [6.45, 7) is 7.28. The molecule has 3 heteroatoms. The van der Waals surface area contributed by atoms with Crippen LogP contribution >= 0.6 is 15.9 Å². The monoisotopic (exact) mass is 322 g/mol. The Bertz CT molecular complexity index is 435. The Kier molecular flexibility index (Phi) is 4.25. The van der Waals surface area contributed by atoms with Crippen LogP contribution in [0.3, 0.4) is 0 Å². The fourth-order valence-electron chi connectivity index (χ4n) is 3.50. The van der Waals surface area contributed by atoms with E-state index in [9.17, 15) is 0 Å². The first kappa shape index (κ1) is 13.6. The van der Waals surface area contributed by atoms with E-state index in [0.29, 0.717) is 6.04 Å². The van der Waals surface area contributed by atoms with Gasteiger partial charge in [0.05, 0.1) is 0 Å². The van der Waals surface area contributed by atoms with Gasteiger partial charge in [0, 0.05) is 36.2 Å². The quantitative estimate of drug-likeness (QED) is 0.822. The molecule has 104 valence electrons. The molecule has 0 amide bonds. The second-order valence-electron chi connectivity index (χ2n) is 6.05. The van der Waals surface area contributed by atoms with Crippen LogP contribution in [-0.2, 0) is 6.54 Å². The van der Waals surface area contributed by atoms with Crippen molar-refractivity contribution in [2.45, 2.75) is 44.8 Å². The van der Waals surface area contributed by atoms with Crippen LogP contribution in [0.1, 0.15) is 31.7 Å². The zero-order valence-electron chi connectivity index (χ0n) is 11.7. The first-order chi connectivity index (χ1) is 9.22. The number of benzene rings is 1. The second-order valence-corrected chi connectivity index (χ2v) is 6.97. The molecule has 1 aromatic rings. The molecule has 0 aliphatic carbocycles. The molecule has 2 nitrogen and oxygen atoms in total. The Balaban J connectivity index is 1.67. The third-order valence-electron chi connectivity index (χ3n) is 4.59. The smallest absolute Gasteiger partial charge is 0.0238 e. The molecule has 2 fully saturated rings. The van der Waals surface area contributed by atoms with E-state index in [1.54, 1.807) is 0 Å². The highest BCUT2D eigenvalue weighted by Crippen LogP contribution is 2.25. The maximum absolute atomic E-state index is 3.57. The zero-order valence-corrected chi connectivity index (χ0v) is 13.3. The molecule has 0 aromatic heterocycles. The van der Waals surface area contributed by atoms with Crippen LogP contribution in [0.4, 0.5) is 0 Å². The van der Waals surface area contributed by atoms with E-state index in [4.69, 9.17) is 0 Å². The highest BCUT2D eigenvalue weighted by atomic mass is 79.9. The van der Waals surface area contributed by atoms with Crippen molar-refractivity contribution in [3.05, 3.63) is 34.3 Å². The van der Waals surface area contributed by atoms with Crippen LogP contribution in [0.25, 0.3) is 0 Å². The zero-order chi connectivity index (χ0) is 13.2. The van der Waals surface area contributed by atoms with Gasteiger partial charge in [-0.25, -0.2) is 0 Å². The average molecular weight is 323 g/mol. The summed E-state index contributed by atoms with van der Waals surface area (Å²) in [6.07, 6.45) is 4.21. The molecular weight excluding hydrogens is 300 g/mol. The third kappa shape index (κ3) is 3.21. The van der Waals surface area contributed by atoms with Gasteiger partial charge in [-0.3, -0.25) is 9.80 Å². The Hall–Kier alpha value is -0.380. The molecule has 0 radical (unpaired) electrons. The van der Waals surface area contributed by atoms with E-state index in [2.05, 4.69) is 56.9 Å². The molecule has 0 unspecified atom stereocenters. The minimum Gasteiger partial charge on any atom is -0.298 e. The third-order valence-corrected chi connectivity index (χ3v) is 5.08. The van der Waals surface area contributed by atoms with Crippen LogP contribution in [-0.4, -0.2) is 41.5 Å². The summed E-state index contributed by atoms with van der Waals surface area (Å²) < 4.78 is 1.19. The van der Waals surface area contributed by atoms with Gasteiger partial charge in [-0.15, -0.1) is 0 Å². The number of nitrogens with zero attached hydrogens (tertiary/aromatic N) is 2. The molecule has 0 N–H and O–H groups in total. The Morgan fingerprint density at radius 1 is 1.26 bits per heavy atom. The number of piperidine rings is 1. The fraction of sp³-hybridized carbons (Fsp3) is 0.625. The predicted octanol–water partition coefficient (Wildman–Crippen LogP) is 3.51. The molecule has 1 aromatic carbocycles. The molecule has 2 aliphatic rings. The van der Waals surface area contributed by atoms with Crippen molar-refractivity contribution < 1.29 is 0 Å². The van der Waals surface area contributed by atoms with Crippen molar-refractivity contribution in [2.24, 2.45) is 0 Å². The number of halogens is 1. The van der Waals surface area contributed by atoms with Gasteiger partial charge < -0.3 is 0 Å². The molecule has 2 atom stereocenters. The molecule has 2 aliphatic heterocycles. The molecule has 2 heterocycles. The van der Waals surface area contributed by atoms with Crippen LogP contribution in [0.15, 0.2) is 28.7 Å². The van der Waals surface area contributed by atoms with Gasteiger partial charge in [0.2, 0.25) is 0 Å². The van der Waals surface area contributed by atoms with E-state index < -0.39 is 0 Å². The van der Waals surface area contributed by atoms with Crippen molar-refractivity contribution in [3.63, 3.8) is 0 Å². The summed E-state index contributed by atoms with van der Waals surface area (Å²) in [5, 5.41) is 0. The summed E-state index contributed by atoms with van der Waals surface area (Å²) in [5.41, 5.74) is 1.42. The van der Waals surface area contributed by atoms with Gasteiger partial charge in [-0.1, -0.05) is 34.5 Å². The summed E-state index contributed by atoms with van der Waals surface area (Å²) in [7, 11) is 0. The Morgan fingerprint density at radius 3 is 3.00 bits per heavy atom. The van der Waals surface area contributed by atoms with Crippen molar-refractivity contribution in [1.29, 1.82) is 0 Å². The Morgan fingerprint density at radius 2 is 2.16 bits per heavy atom. The van der Waals surface area contributed by atoms with Crippen LogP contribution in [0.5, 0.6) is 0 Å². The lowest BCUT2D eigenvalue weighted by atomic mass is 9.97. The lowest BCUT2D eigenvalue weighted by Gasteiger charge is -2.47. The van der Waals surface area contributed by atoms with Gasteiger partial charge in [0.15, 0.2) is 0 Å². The lowest BCUT2D eigenvalue weighted by Crippen LogP contribution is -2.58. The molecule has 0 saturated carbocycles. The van der Waals surface area contributed by atoms with Crippen molar-refractivity contribution >= 4 is 15.9 Å². The van der Waals surface area contributed by atoms with Crippen LogP contribution < -0.4 is 0 Å². The van der Waals surface area contributed by atoms with Gasteiger partial charge in [-0.05, 0) is 44.0 Å². The van der Waals surface area contributed by atoms with Gasteiger partial charge in [0.1, 0.15) is 0 Å². The van der Waals surface area contributed by atoms with E-state index >= 15 is 0 Å². The second kappa shape index (κ2) is 5.94. The highest BCUT2D eigenvalue weighted by molar-refractivity contribution is 9.10. The number of hydrogen-bond acceptors (Lipinski definition) is 2. The van der Waals surface area contributed by atoms with E-state index in [0.717, 1.165) is 12.6 Å². The highest BCUT2D eigenvalue weighted by Gasteiger charge is 2.32. The minimum atomic E-state index is 0.674. The normalized spacial score (nSPS) is 29.2. The standard InChI is InChI=1S/C16H23BrN2/c1-13-10-18-8-3-2-7-16(18)12-19(13)11-14-5-4-6-15(17)9-14/h4-6,9,13,16H,2-3,7-8,10-12H2,1H3/t13-,16+/m1/s1. The topological polar surface area (TPSA) is 6.48 Å². The maximum atomic E-state index is 3.57. The summed E-state index contributed by atoms with van der Waals surface area (Å²) >= 11 is 3.57. The predicted molar refractivity (Wildman–Crippen MR) is 83.2 cm³/mol. The molecule has 19 heavy (non-hydrogen) atoms. The van der Waals surface area contributed by atoms with Crippen molar-refractivity contribution in [2.75, 3.05) is 19.6 Å². The fourth-order valence-corrected chi connectivity index (χ4v) is 3.95. The first-order valence-corrected chi connectivity index (χ1v) is 8.24. The summed E-state index contributed by atoms with van der Waals surface area (Å²) in [5.74, 6) is 0. The van der Waals surface area contributed by atoms with Gasteiger partial charge >= 0.3 is 0 Å². The summed E-state index contributed by atoms with van der Waals surface area (Å²) in [6, 6.07) is 10.2. The number of piperazine rings is 1. The van der Waals surface area contributed by atoms with E-state index in [1.807, 2.05) is 0 Å². The molecular formula is C16H23BrN2. The average Bonchev–Trinajstić information content (AvgIpc) is 2.40. The molecule has 0 spiro atoms. The largest absolute Gasteiger partial charge is 0.298 e. The van der Waals surface area contributed by atoms with Crippen molar-refractivity contribution in [1.82, 2.24) is 9.80 Å². The van der Waals surface area contributed by atoms with Gasteiger partial charge in [0.25, 0.3) is 0 Å². The first-order valence-electron chi connectivity index (χ1n) is 7.45. The summed E-state index contributed by atoms with van der Waals surface area (Å²) in [4.78, 5) is 5.37. The van der Waals surface area contributed by atoms with Crippen LogP contribution in [0.2, 0.25) is 0 Å². The minimum absolute atomic E-state index is 0.674.